The van der Waals surface area contributed by atoms with Crippen LogP contribution in [0.5, 0.6) is 5.75 Å². The second-order valence-electron chi connectivity index (χ2n) is 11.9. The predicted molar refractivity (Wildman–Crippen MR) is 163 cm³/mol. The van der Waals surface area contributed by atoms with Crippen molar-refractivity contribution < 1.29 is 28.6 Å². The molecule has 2 atom stereocenters. The molecule has 44 heavy (non-hydrogen) atoms. The first kappa shape index (κ1) is 28.8. The number of anilines is 1. The summed E-state index contributed by atoms with van der Waals surface area (Å²) in [6, 6.07) is 15.0. The van der Waals surface area contributed by atoms with Gasteiger partial charge in [0.25, 0.3) is 5.91 Å². The summed E-state index contributed by atoms with van der Waals surface area (Å²) in [6.07, 6.45) is 2.78. The molecule has 3 aromatic carbocycles. The highest BCUT2D eigenvalue weighted by molar-refractivity contribution is 6.30. The lowest BCUT2D eigenvalue weighted by atomic mass is 9.86. The minimum absolute atomic E-state index is 0.0992. The number of imidazole rings is 1. The van der Waals surface area contributed by atoms with Crippen molar-refractivity contribution in [2.75, 3.05) is 25.0 Å². The van der Waals surface area contributed by atoms with E-state index in [-0.39, 0.29) is 28.2 Å². The summed E-state index contributed by atoms with van der Waals surface area (Å²) in [5, 5.41) is 12.7. The van der Waals surface area contributed by atoms with Gasteiger partial charge in [-0.15, -0.1) is 0 Å². The Morgan fingerprint density at radius 2 is 1.95 bits per heavy atom. The predicted octanol–water partition coefficient (Wildman–Crippen LogP) is 5.94. The van der Waals surface area contributed by atoms with Crippen molar-refractivity contribution in [3.8, 4) is 5.75 Å². The number of aromatic carboxylic acids is 1. The number of amides is 1. The van der Waals surface area contributed by atoms with Crippen molar-refractivity contribution in [1.82, 2.24) is 14.5 Å². The van der Waals surface area contributed by atoms with Crippen molar-refractivity contribution in [3.05, 3.63) is 88.0 Å². The van der Waals surface area contributed by atoms with E-state index in [4.69, 9.17) is 26.1 Å². The smallest absolute Gasteiger partial charge is 0.335 e. The molecule has 1 unspecified atom stereocenters. The second-order valence-corrected chi connectivity index (χ2v) is 12.4. The Hall–Kier alpha value is -3.99. The molecule has 2 N–H and O–H groups in total. The van der Waals surface area contributed by atoms with Gasteiger partial charge in [0.15, 0.2) is 0 Å². The standard InChI is InChI=1S/C33H32ClFN4O5/c1-33(24-7-6-21(34)16-25(24)35)32(42)37-27-4-2-3-23(30(27)44-33)19-9-12-38(13-10-19)18-29-36-26-8-5-20(31(40)41)15-28(26)39(29)17-22-11-14-43-22/h2-8,15-16,19,22H,9-14,17-18H2,1H3,(H,37,42)(H,40,41)/t22-,33?/m0/s1. The SMILES string of the molecule is CC1(c2ccc(Cl)cc2F)Oc2c(cccc2C2CCN(Cc3nc4ccc(C(=O)O)cc4n3C[C@@H]3CCO3)CC2)NC1=O. The first-order chi connectivity index (χ1) is 21.2. The molecule has 11 heteroatoms. The number of ether oxygens (including phenoxy) is 2. The van der Waals surface area contributed by atoms with Gasteiger partial charge in [-0.05, 0) is 87.2 Å². The van der Waals surface area contributed by atoms with Crippen molar-refractivity contribution in [3.63, 3.8) is 0 Å². The Labute approximate surface area is 258 Å². The molecule has 0 bridgehead atoms. The molecule has 1 aromatic heterocycles. The number of carbonyl (C=O) groups is 2. The van der Waals surface area contributed by atoms with Crippen molar-refractivity contribution >= 4 is 40.2 Å². The van der Waals surface area contributed by atoms with Crippen LogP contribution in [0, 0.1) is 5.82 Å². The molecule has 0 saturated carbocycles. The first-order valence-electron chi connectivity index (χ1n) is 14.8. The number of carbonyl (C=O) groups excluding carboxylic acids is 1. The van der Waals surface area contributed by atoms with E-state index in [1.807, 2.05) is 12.1 Å². The number of hydrogen-bond donors (Lipinski definition) is 2. The fourth-order valence-corrected chi connectivity index (χ4v) is 6.66. The molecular formula is C33H32ClFN4O5. The molecule has 2 saturated heterocycles. The van der Waals surface area contributed by atoms with Crippen LogP contribution < -0.4 is 10.1 Å². The third-order valence-corrected chi connectivity index (χ3v) is 9.36. The summed E-state index contributed by atoms with van der Waals surface area (Å²) in [5.74, 6) is -0.370. The van der Waals surface area contributed by atoms with Gasteiger partial charge in [-0.1, -0.05) is 29.8 Å². The summed E-state index contributed by atoms with van der Waals surface area (Å²) in [7, 11) is 0. The summed E-state index contributed by atoms with van der Waals surface area (Å²) in [4.78, 5) is 32.1. The number of benzene rings is 3. The van der Waals surface area contributed by atoms with E-state index in [0.717, 1.165) is 61.4 Å². The lowest BCUT2D eigenvalue weighted by molar-refractivity contribution is -0.132. The largest absolute Gasteiger partial charge is 0.478 e. The Bertz CT molecular complexity index is 1780. The molecule has 1 amide bonds. The third kappa shape index (κ3) is 5.10. The molecule has 0 aliphatic carbocycles. The molecule has 2 fully saturated rings. The molecule has 7 rings (SSSR count). The van der Waals surface area contributed by atoms with Gasteiger partial charge in [0.1, 0.15) is 17.4 Å². The van der Waals surface area contributed by atoms with E-state index in [2.05, 4.69) is 14.8 Å². The number of fused-ring (bicyclic) bond motifs is 2. The molecule has 4 heterocycles. The summed E-state index contributed by atoms with van der Waals surface area (Å²) in [5.41, 5.74) is 1.95. The van der Waals surface area contributed by atoms with E-state index in [0.29, 0.717) is 24.5 Å². The lowest BCUT2D eigenvalue weighted by Gasteiger charge is -2.38. The maximum atomic E-state index is 15.0. The highest BCUT2D eigenvalue weighted by Gasteiger charge is 2.45. The normalized spacial score (nSPS) is 22.2. The van der Waals surface area contributed by atoms with E-state index in [1.165, 1.54) is 12.1 Å². The van der Waals surface area contributed by atoms with Gasteiger partial charge in [-0.2, -0.15) is 0 Å². The number of rotatable bonds is 7. The van der Waals surface area contributed by atoms with E-state index in [1.54, 1.807) is 37.3 Å². The molecule has 3 aliphatic rings. The summed E-state index contributed by atoms with van der Waals surface area (Å²) < 4.78 is 29.2. The van der Waals surface area contributed by atoms with Gasteiger partial charge in [0.05, 0.1) is 41.5 Å². The van der Waals surface area contributed by atoms with Crippen LogP contribution >= 0.6 is 11.6 Å². The van der Waals surface area contributed by atoms with Gasteiger partial charge < -0.3 is 24.5 Å². The van der Waals surface area contributed by atoms with Crippen LogP contribution in [-0.4, -0.2) is 57.2 Å². The Kier molecular flexibility index (Phi) is 7.31. The first-order valence-corrected chi connectivity index (χ1v) is 15.2. The number of carboxylic acids is 1. The average Bonchev–Trinajstić information content (AvgIpc) is 3.31. The van der Waals surface area contributed by atoms with E-state index in [9.17, 15) is 19.1 Å². The lowest BCUT2D eigenvalue weighted by Crippen LogP contribution is -2.46. The number of carboxylic acid groups (broad SMARTS) is 1. The van der Waals surface area contributed by atoms with Gasteiger partial charge in [-0.25, -0.2) is 14.2 Å². The molecule has 9 nitrogen and oxygen atoms in total. The maximum Gasteiger partial charge on any atom is 0.335 e. The number of piperidine rings is 1. The minimum Gasteiger partial charge on any atom is -0.478 e. The number of aromatic nitrogens is 2. The molecular weight excluding hydrogens is 587 g/mol. The zero-order chi connectivity index (χ0) is 30.6. The van der Waals surface area contributed by atoms with Crippen molar-refractivity contribution in [1.29, 1.82) is 0 Å². The van der Waals surface area contributed by atoms with Crippen molar-refractivity contribution in [2.45, 2.75) is 56.9 Å². The monoisotopic (exact) mass is 618 g/mol. The van der Waals surface area contributed by atoms with Crippen LogP contribution in [0.3, 0.4) is 0 Å². The number of nitrogens with zero attached hydrogens (tertiary/aromatic N) is 3. The fraction of sp³-hybridized carbons (Fsp3) is 0.364. The summed E-state index contributed by atoms with van der Waals surface area (Å²) in [6.45, 7) is 5.21. The number of hydrogen-bond acceptors (Lipinski definition) is 6. The van der Waals surface area contributed by atoms with Crippen molar-refractivity contribution in [2.24, 2.45) is 0 Å². The molecule has 0 spiro atoms. The maximum absolute atomic E-state index is 15.0. The molecule has 4 aromatic rings. The van der Waals surface area contributed by atoms with E-state index < -0.39 is 23.3 Å². The fourth-order valence-electron chi connectivity index (χ4n) is 6.50. The quantitative estimate of drug-likeness (QED) is 0.264. The van der Waals surface area contributed by atoms with Gasteiger partial charge in [0, 0.05) is 17.2 Å². The number of halogens is 2. The van der Waals surface area contributed by atoms with Crippen LogP contribution in [0.25, 0.3) is 11.0 Å². The van der Waals surface area contributed by atoms with E-state index >= 15 is 0 Å². The number of likely N-dealkylation sites (tertiary alicyclic amines) is 1. The third-order valence-electron chi connectivity index (χ3n) is 9.12. The Morgan fingerprint density at radius 3 is 2.66 bits per heavy atom. The molecule has 0 radical (unpaired) electrons. The highest BCUT2D eigenvalue weighted by Crippen LogP contribution is 2.46. The highest BCUT2D eigenvalue weighted by atomic mass is 35.5. The molecule has 228 valence electrons. The van der Waals surface area contributed by atoms with Crippen LogP contribution in [0.4, 0.5) is 10.1 Å². The topological polar surface area (TPSA) is 106 Å². The average molecular weight is 619 g/mol. The number of nitrogens with one attached hydrogen (secondary N) is 1. The van der Waals surface area contributed by atoms with Crippen LogP contribution in [-0.2, 0) is 28.2 Å². The van der Waals surface area contributed by atoms with Crippen LogP contribution in [0.1, 0.15) is 59.4 Å². The van der Waals surface area contributed by atoms with Gasteiger partial charge >= 0.3 is 5.97 Å². The Balaban J connectivity index is 1.11. The second kappa shape index (κ2) is 11.2. The Morgan fingerprint density at radius 1 is 1.16 bits per heavy atom. The van der Waals surface area contributed by atoms with Crippen LogP contribution in [0.2, 0.25) is 5.02 Å². The number of para-hydroxylation sites is 1. The van der Waals surface area contributed by atoms with Crippen LogP contribution in [0.15, 0.2) is 54.6 Å². The van der Waals surface area contributed by atoms with Gasteiger partial charge in [-0.3, -0.25) is 9.69 Å². The summed E-state index contributed by atoms with van der Waals surface area (Å²) >= 11 is 5.97. The van der Waals surface area contributed by atoms with Gasteiger partial charge in [0.2, 0.25) is 5.60 Å². The zero-order valence-corrected chi connectivity index (χ0v) is 24.9. The minimum atomic E-state index is -1.55. The zero-order valence-electron chi connectivity index (χ0n) is 24.2. The molecule has 3 aliphatic heterocycles.